The van der Waals surface area contributed by atoms with Crippen molar-refractivity contribution in [3.63, 3.8) is 0 Å². The third kappa shape index (κ3) is 3.30. The van der Waals surface area contributed by atoms with Crippen molar-refractivity contribution in [2.45, 2.75) is 52.0 Å². The molecular formula is C16H22INO. The van der Waals surface area contributed by atoms with Crippen molar-refractivity contribution in [3.8, 4) is 0 Å². The zero-order valence-corrected chi connectivity index (χ0v) is 13.9. The molecule has 2 nitrogen and oxygen atoms in total. The molecule has 1 aliphatic heterocycles. The van der Waals surface area contributed by atoms with Crippen LogP contribution >= 0.6 is 22.6 Å². The fourth-order valence-corrected chi connectivity index (χ4v) is 3.46. The number of halogens is 1. The van der Waals surface area contributed by atoms with Crippen LogP contribution in [0.2, 0.25) is 0 Å². The zero-order valence-electron chi connectivity index (χ0n) is 11.8. The summed E-state index contributed by atoms with van der Waals surface area (Å²) < 4.78 is 1.10. The summed E-state index contributed by atoms with van der Waals surface area (Å²) in [6, 6.07) is 6.47. The second-order valence-electron chi connectivity index (χ2n) is 5.37. The molecule has 1 aromatic carbocycles. The molecule has 1 saturated heterocycles. The number of likely N-dealkylation sites (tertiary alicyclic amines) is 1. The predicted octanol–water partition coefficient (Wildman–Crippen LogP) is 4.39. The van der Waals surface area contributed by atoms with E-state index >= 15 is 0 Å². The minimum absolute atomic E-state index is 0.228. The van der Waals surface area contributed by atoms with E-state index in [1.807, 2.05) is 12.1 Å². The summed E-state index contributed by atoms with van der Waals surface area (Å²) >= 11 is 2.30. The molecule has 1 amide bonds. The molecule has 1 aliphatic rings. The summed E-state index contributed by atoms with van der Waals surface area (Å²) in [6.07, 6.45) is 5.86. The molecule has 3 heteroatoms. The summed E-state index contributed by atoms with van der Waals surface area (Å²) in [7, 11) is 0. The number of nitrogens with zero attached hydrogens (tertiary/aromatic N) is 1. The van der Waals surface area contributed by atoms with Crippen molar-refractivity contribution in [2.75, 3.05) is 6.54 Å². The highest BCUT2D eigenvalue weighted by atomic mass is 127. The van der Waals surface area contributed by atoms with Gasteiger partial charge in [-0.3, -0.25) is 4.79 Å². The number of hydrogen-bond acceptors (Lipinski definition) is 1. The van der Waals surface area contributed by atoms with Crippen molar-refractivity contribution in [1.29, 1.82) is 0 Å². The van der Waals surface area contributed by atoms with Crippen LogP contribution in [0.1, 0.15) is 54.9 Å². The lowest BCUT2D eigenvalue weighted by atomic mass is 9.97. The number of piperidine rings is 1. The number of carbonyl (C=O) groups excluding carboxylic acids is 1. The van der Waals surface area contributed by atoms with Crippen molar-refractivity contribution >= 4 is 28.5 Å². The van der Waals surface area contributed by atoms with Gasteiger partial charge in [-0.2, -0.15) is 0 Å². The molecule has 2 rings (SSSR count). The van der Waals surface area contributed by atoms with E-state index in [0.717, 1.165) is 34.9 Å². The highest BCUT2D eigenvalue weighted by molar-refractivity contribution is 14.1. The Labute approximate surface area is 129 Å². The molecule has 1 unspecified atom stereocenters. The van der Waals surface area contributed by atoms with Gasteiger partial charge in [-0.25, -0.2) is 0 Å². The Morgan fingerprint density at radius 1 is 1.42 bits per heavy atom. The van der Waals surface area contributed by atoms with Crippen LogP contribution in [-0.4, -0.2) is 23.4 Å². The van der Waals surface area contributed by atoms with E-state index in [9.17, 15) is 4.79 Å². The Balaban J connectivity index is 2.23. The SMILES string of the molecule is CCCC1CCCCN1C(=O)c1cccc(C)c1I. The van der Waals surface area contributed by atoms with Gasteiger partial charge in [0.1, 0.15) is 0 Å². The van der Waals surface area contributed by atoms with Gasteiger partial charge in [0, 0.05) is 16.2 Å². The summed E-state index contributed by atoms with van der Waals surface area (Å²) in [4.78, 5) is 14.9. The number of aryl methyl sites for hydroxylation is 1. The number of hydrogen-bond donors (Lipinski definition) is 0. The molecule has 1 fully saturated rings. The Hall–Kier alpha value is -0.580. The van der Waals surface area contributed by atoms with Gasteiger partial charge in [0.05, 0.1) is 5.56 Å². The van der Waals surface area contributed by atoms with Crippen molar-refractivity contribution in [2.24, 2.45) is 0 Å². The number of rotatable bonds is 3. The molecule has 0 saturated carbocycles. The summed E-state index contributed by atoms with van der Waals surface area (Å²) in [6.45, 7) is 5.19. The topological polar surface area (TPSA) is 20.3 Å². The molecule has 0 spiro atoms. The van der Waals surface area contributed by atoms with Gasteiger partial charge in [-0.15, -0.1) is 0 Å². The molecule has 0 bridgehead atoms. The van der Waals surface area contributed by atoms with Gasteiger partial charge in [0.15, 0.2) is 0 Å². The van der Waals surface area contributed by atoms with Gasteiger partial charge in [-0.05, 0) is 66.8 Å². The first-order chi connectivity index (χ1) is 9.15. The highest BCUT2D eigenvalue weighted by Gasteiger charge is 2.27. The van der Waals surface area contributed by atoms with Crippen LogP contribution in [0.15, 0.2) is 18.2 Å². The fraction of sp³-hybridized carbons (Fsp3) is 0.562. The van der Waals surface area contributed by atoms with Gasteiger partial charge < -0.3 is 4.90 Å². The minimum atomic E-state index is 0.228. The van der Waals surface area contributed by atoms with E-state index < -0.39 is 0 Å². The summed E-state index contributed by atoms with van der Waals surface area (Å²) in [5, 5.41) is 0. The first-order valence-corrected chi connectivity index (χ1v) is 8.29. The second kappa shape index (κ2) is 6.73. The zero-order chi connectivity index (χ0) is 13.8. The van der Waals surface area contributed by atoms with Gasteiger partial charge >= 0.3 is 0 Å². The first kappa shape index (κ1) is 14.8. The minimum Gasteiger partial charge on any atom is -0.336 e. The number of amides is 1. The van der Waals surface area contributed by atoms with E-state index in [0.29, 0.717) is 6.04 Å². The van der Waals surface area contributed by atoms with Crippen molar-refractivity contribution < 1.29 is 4.79 Å². The predicted molar refractivity (Wildman–Crippen MR) is 87.5 cm³/mol. The van der Waals surface area contributed by atoms with Crippen LogP contribution < -0.4 is 0 Å². The Morgan fingerprint density at radius 2 is 2.21 bits per heavy atom. The Morgan fingerprint density at radius 3 is 2.95 bits per heavy atom. The molecule has 0 radical (unpaired) electrons. The lowest BCUT2D eigenvalue weighted by molar-refractivity contribution is 0.0599. The summed E-state index contributed by atoms with van der Waals surface area (Å²) in [5.74, 6) is 0.228. The standard InChI is InChI=1S/C16H22INO/c1-3-7-13-9-4-5-11-18(13)16(19)14-10-6-8-12(2)15(14)17/h6,8,10,13H,3-5,7,9,11H2,1-2H3. The maximum atomic E-state index is 12.8. The van der Waals surface area contributed by atoms with Crippen LogP contribution in [0.4, 0.5) is 0 Å². The molecule has 1 atom stereocenters. The van der Waals surface area contributed by atoms with Gasteiger partial charge in [-0.1, -0.05) is 25.5 Å². The van der Waals surface area contributed by atoms with E-state index in [1.54, 1.807) is 0 Å². The smallest absolute Gasteiger partial charge is 0.255 e. The highest BCUT2D eigenvalue weighted by Crippen LogP contribution is 2.25. The lowest BCUT2D eigenvalue weighted by Gasteiger charge is -2.36. The molecule has 0 aromatic heterocycles. The molecule has 104 valence electrons. The molecule has 19 heavy (non-hydrogen) atoms. The number of carbonyl (C=O) groups is 1. The quantitative estimate of drug-likeness (QED) is 0.722. The van der Waals surface area contributed by atoms with Gasteiger partial charge in [0.2, 0.25) is 0 Å². The van der Waals surface area contributed by atoms with Crippen molar-refractivity contribution in [3.05, 3.63) is 32.9 Å². The molecule has 1 aromatic rings. The average Bonchev–Trinajstić information content (AvgIpc) is 2.42. The van der Waals surface area contributed by atoms with Crippen LogP contribution in [0.25, 0.3) is 0 Å². The van der Waals surface area contributed by atoms with E-state index in [4.69, 9.17) is 0 Å². The van der Waals surface area contributed by atoms with Crippen LogP contribution in [0, 0.1) is 10.5 Å². The molecule has 0 aliphatic carbocycles. The Kier molecular flexibility index (Phi) is 5.25. The third-order valence-electron chi connectivity index (χ3n) is 3.93. The Bertz CT molecular complexity index is 456. The molecular weight excluding hydrogens is 349 g/mol. The summed E-state index contributed by atoms with van der Waals surface area (Å²) in [5.41, 5.74) is 2.07. The van der Waals surface area contributed by atoms with E-state index in [-0.39, 0.29) is 5.91 Å². The van der Waals surface area contributed by atoms with Crippen LogP contribution in [0.5, 0.6) is 0 Å². The maximum Gasteiger partial charge on any atom is 0.255 e. The monoisotopic (exact) mass is 371 g/mol. The number of benzene rings is 1. The van der Waals surface area contributed by atoms with E-state index in [2.05, 4.69) is 47.4 Å². The fourth-order valence-electron chi connectivity index (χ4n) is 2.87. The average molecular weight is 371 g/mol. The second-order valence-corrected chi connectivity index (χ2v) is 6.45. The van der Waals surface area contributed by atoms with Crippen LogP contribution in [-0.2, 0) is 0 Å². The van der Waals surface area contributed by atoms with E-state index in [1.165, 1.54) is 18.4 Å². The lowest BCUT2D eigenvalue weighted by Crippen LogP contribution is -2.43. The van der Waals surface area contributed by atoms with Crippen LogP contribution in [0.3, 0.4) is 0 Å². The third-order valence-corrected chi connectivity index (χ3v) is 5.36. The first-order valence-electron chi connectivity index (χ1n) is 7.21. The maximum absolute atomic E-state index is 12.8. The largest absolute Gasteiger partial charge is 0.336 e. The molecule has 0 N–H and O–H groups in total. The van der Waals surface area contributed by atoms with Gasteiger partial charge in [0.25, 0.3) is 5.91 Å². The normalized spacial score (nSPS) is 19.5. The molecule has 1 heterocycles. The van der Waals surface area contributed by atoms with Crippen molar-refractivity contribution in [1.82, 2.24) is 4.90 Å².